The third-order valence-corrected chi connectivity index (χ3v) is 6.82. The molecule has 220 valence electrons. The lowest BCUT2D eigenvalue weighted by molar-refractivity contribution is -0.146. The number of nitrogens with zero attached hydrogens (tertiary/aromatic N) is 4. The van der Waals surface area contributed by atoms with Crippen LogP contribution in [0.15, 0.2) is 23.9 Å². The second kappa shape index (κ2) is 13.6. The van der Waals surface area contributed by atoms with Gasteiger partial charge < -0.3 is 25.8 Å². The maximum absolute atomic E-state index is 12.9. The Morgan fingerprint density at radius 1 is 1.25 bits per heavy atom. The number of ether oxygens (including phenoxy) is 1. The number of anilines is 1. The van der Waals surface area contributed by atoms with E-state index in [2.05, 4.69) is 5.32 Å². The van der Waals surface area contributed by atoms with Gasteiger partial charge in [-0.25, -0.2) is 9.97 Å². The normalized spacial score (nSPS) is 16.1. The van der Waals surface area contributed by atoms with Gasteiger partial charge in [0, 0.05) is 56.0 Å². The largest absolute Gasteiger partial charge is 0.491 e. The topological polar surface area (TPSA) is 117 Å². The Hall–Kier alpha value is -2.93. The van der Waals surface area contributed by atoms with Crippen LogP contribution in [0.25, 0.3) is 17.0 Å². The number of allylic oxidation sites excluding steroid dienone is 2. The Labute approximate surface area is 237 Å². The monoisotopic (exact) mass is 584 g/mol. The molecule has 0 bridgehead atoms. The van der Waals surface area contributed by atoms with E-state index in [1.54, 1.807) is 46.0 Å². The lowest BCUT2D eigenvalue weighted by Gasteiger charge is -2.36. The molecule has 1 saturated heterocycles. The maximum atomic E-state index is 12.9. The minimum atomic E-state index is -4.28. The number of aliphatic hydroxyl groups is 1. The third kappa shape index (κ3) is 8.06. The number of rotatable bonds is 11. The van der Waals surface area contributed by atoms with E-state index >= 15 is 0 Å². The summed E-state index contributed by atoms with van der Waals surface area (Å²) in [5, 5.41) is 13.2. The summed E-state index contributed by atoms with van der Waals surface area (Å²) in [6.07, 6.45) is -4.80. The van der Waals surface area contributed by atoms with Gasteiger partial charge >= 0.3 is 6.18 Å². The standard InChI is InChI=1S/C27H36ClF3N6O3/c1-5-22(39)23(17(3)32)24-16(2)26(37-10-8-36(9-11-37)15-27(29,30)31)35-25(34-24)20-12-19(6-7-21(20)28)40-14-18(38)13-33-4/h6-7,12,18,33,38H,5,8-11,13-15,32H2,1-4H3/t18-/m1/s1. The van der Waals surface area contributed by atoms with Gasteiger partial charge in [0.1, 0.15) is 24.3 Å². The average molecular weight is 585 g/mol. The quantitative estimate of drug-likeness (QED) is 0.342. The van der Waals surface area contributed by atoms with Gasteiger partial charge in [0.15, 0.2) is 11.6 Å². The van der Waals surface area contributed by atoms with Gasteiger partial charge in [0.2, 0.25) is 0 Å². The van der Waals surface area contributed by atoms with Crippen LogP contribution in [-0.4, -0.2) is 91.0 Å². The molecule has 1 aromatic heterocycles. The molecule has 13 heteroatoms. The summed E-state index contributed by atoms with van der Waals surface area (Å²) in [7, 11) is 1.72. The fourth-order valence-electron chi connectivity index (χ4n) is 4.52. The second-order valence-electron chi connectivity index (χ2n) is 9.72. The van der Waals surface area contributed by atoms with E-state index < -0.39 is 18.8 Å². The Morgan fingerprint density at radius 2 is 1.93 bits per heavy atom. The molecule has 1 atom stereocenters. The molecular weight excluding hydrogens is 549 g/mol. The molecule has 4 N–H and O–H groups in total. The number of carbonyl (C=O) groups excluding carboxylic acids is 1. The van der Waals surface area contributed by atoms with Crippen LogP contribution in [0.5, 0.6) is 5.75 Å². The van der Waals surface area contributed by atoms with Crippen LogP contribution in [0.2, 0.25) is 5.02 Å². The van der Waals surface area contributed by atoms with Crippen LogP contribution in [-0.2, 0) is 4.79 Å². The van der Waals surface area contributed by atoms with E-state index in [1.807, 2.05) is 4.90 Å². The van der Waals surface area contributed by atoms with Crippen molar-refractivity contribution in [3.8, 4) is 17.1 Å². The molecule has 1 aliphatic rings. The number of likely N-dealkylation sites (N-methyl/N-ethyl adjacent to an activating group) is 1. The van der Waals surface area contributed by atoms with Crippen molar-refractivity contribution in [2.75, 3.05) is 57.8 Å². The Morgan fingerprint density at radius 3 is 2.50 bits per heavy atom. The van der Waals surface area contributed by atoms with Gasteiger partial charge in [-0.3, -0.25) is 9.69 Å². The number of benzene rings is 1. The Kier molecular flexibility index (Phi) is 10.8. The first-order chi connectivity index (χ1) is 18.8. The molecule has 0 unspecified atom stereocenters. The Balaban J connectivity index is 2.08. The predicted molar refractivity (Wildman–Crippen MR) is 149 cm³/mol. The lowest BCUT2D eigenvalue weighted by atomic mass is 9.99. The number of hydrogen-bond donors (Lipinski definition) is 3. The number of carbonyl (C=O) groups is 1. The number of piperazine rings is 1. The van der Waals surface area contributed by atoms with Gasteiger partial charge in [-0.1, -0.05) is 18.5 Å². The SMILES string of the molecule is CCC(=O)C(=C(C)N)c1nc(-c2cc(OC[C@H](O)CNC)ccc2Cl)nc(N2CCN(CC(F)(F)F)CC2)c1C. The van der Waals surface area contributed by atoms with Crippen molar-refractivity contribution < 1.29 is 27.8 Å². The summed E-state index contributed by atoms with van der Waals surface area (Å²) in [4.78, 5) is 25.7. The van der Waals surface area contributed by atoms with Gasteiger partial charge in [0.25, 0.3) is 0 Å². The van der Waals surface area contributed by atoms with Crippen molar-refractivity contribution in [3.63, 3.8) is 0 Å². The highest BCUT2D eigenvalue weighted by Crippen LogP contribution is 2.35. The molecule has 1 aliphatic heterocycles. The smallest absolute Gasteiger partial charge is 0.401 e. The van der Waals surface area contributed by atoms with Crippen molar-refractivity contribution in [3.05, 3.63) is 40.2 Å². The molecule has 0 spiro atoms. The highest BCUT2D eigenvalue weighted by Gasteiger charge is 2.33. The van der Waals surface area contributed by atoms with Crippen LogP contribution in [0, 0.1) is 6.92 Å². The summed E-state index contributed by atoms with van der Waals surface area (Å²) in [6.45, 7) is 5.52. The Bertz CT molecular complexity index is 1230. The zero-order chi connectivity index (χ0) is 29.6. The lowest BCUT2D eigenvalue weighted by Crippen LogP contribution is -2.49. The number of Topliss-reactive ketones (excluding diaryl/α,β-unsaturated/α-hetero) is 1. The number of halogens is 4. The third-order valence-electron chi connectivity index (χ3n) is 6.49. The molecule has 2 aromatic rings. The van der Waals surface area contributed by atoms with Crippen LogP contribution in [0.3, 0.4) is 0 Å². The average Bonchev–Trinajstić information content (AvgIpc) is 2.89. The van der Waals surface area contributed by atoms with Crippen LogP contribution >= 0.6 is 11.6 Å². The maximum Gasteiger partial charge on any atom is 0.401 e. The van der Waals surface area contributed by atoms with Crippen molar-refractivity contribution in [2.45, 2.75) is 39.5 Å². The highest BCUT2D eigenvalue weighted by atomic mass is 35.5. The molecule has 0 radical (unpaired) electrons. The van der Waals surface area contributed by atoms with Crippen molar-refractivity contribution in [1.82, 2.24) is 20.2 Å². The first-order valence-electron chi connectivity index (χ1n) is 13.0. The van der Waals surface area contributed by atoms with Crippen LogP contribution in [0.4, 0.5) is 19.0 Å². The van der Waals surface area contributed by atoms with Crippen molar-refractivity contribution >= 4 is 28.8 Å². The van der Waals surface area contributed by atoms with E-state index in [1.165, 1.54) is 4.90 Å². The zero-order valence-corrected chi connectivity index (χ0v) is 23.9. The molecule has 3 rings (SSSR count). The minimum absolute atomic E-state index is 0.0413. The van der Waals surface area contributed by atoms with Gasteiger partial charge in [0.05, 0.1) is 22.8 Å². The first kappa shape index (κ1) is 31.6. The summed E-state index contributed by atoms with van der Waals surface area (Å²) in [5.74, 6) is 0.928. The summed E-state index contributed by atoms with van der Waals surface area (Å²) in [6, 6.07) is 4.93. The van der Waals surface area contributed by atoms with Crippen LogP contribution in [0.1, 0.15) is 31.5 Å². The van der Waals surface area contributed by atoms with Gasteiger partial charge in [-0.2, -0.15) is 13.2 Å². The summed E-state index contributed by atoms with van der Waals surface area (Å²) >= 11 is 6.56. The number of aromatic nitrogens is 2. The molecule has 40 heavy (non-hydrogen) atoms. The first-order valence-corrected chi connectivity index (χ1v) is 13.4. The number of ketones is 1. The minimum Gasteiger partial charge on any atom is -0.491 e. The molecule has 0 saturated carbocycles. The van der Waals surface area contributed by atoms with E-state index in [-0.39, 0.29) is 43.3 Å². The van der Waals surface area contributed by atoms with E-state index in [9.17, 15) is 23.1 Å². The van der Waals surface area contributed by atoms with Crippen molar-refractivity contribution in [1.29, 1.82) is 0 Å². The van der Waals surface area contributed by atoms with E-state index in [4.69, 9.17) is 32.0 Å². The van der Waals surface area contributed by atoms with E-state index in [0.717, 1.165) is 0 Å². The molecule has 9 nitrogen and oxygen atoms in total. The summed E-state index contributed by atoms with van der Waals surface area (Å²) in [5.41, 5.74) is 8.07. The predicted octanol–water partition coefficient (Wildman–Crippen LogP) is 3.42. The number of aliphatic hydroxyl groups excluding tert-OH is 1. The molecular formula is C27H36ClF3N6O3. The number of nitrogens with two attached hydrogens (primary N) is 1. The highest BCUT2D eigenvalue weighted by molar-refractivity contribution is 6.33. The molecule has 0 amide bonds. The number of hydrogen-bond acceptors (Lipinski definition) is 9. The molecule has 1 fully saturated rings. The van der Waals surface area contributed by atoms with E-state index in [0.29, 0.717) is 58.7 Å². The number of nitrogens with one attached hydrogen (secondary N) is 1. The molecule has 1 aromatic carbocycles. The van der Waals surface area contributed by atoms with Gasteiger partial charge in [-0.05, 0) is 39.1 Å². The fourth-order valence-corrected chi connectivity index (χ4v) is 4.72. The van der Waals surface area contributed by atoms with Crippen molar-refractivity contribution in [2.24, 2.45) is 5.73 Å². The number of alkyl halides is 3. The fraction of sp³-hybridized carbons (Fsp3) is 0.519. The zero-order valence-electron chi connectivity index (χ0n) is 23.1. The second-order valence-corrected chi connectivity index (χ2v) is 10.1. The van der Waals surface area contributed by atoms with Crippen LogP contribution < -0.4 is 20.7 Å². The molecule has 0 aliphatic carbocycles. The summed E-state index contributed by atoms with van der Waals surface area (Å²) < 4.78 is 44.5. The molecule has 2 heterocycles. The van der Waals surface area contributed by atoms with Gasteiger partial charge in [-0.15, -0.1) is 0 Å².